The second-order valence-electron chi connectivity index (χ2n) is 9.27. The molecule has 0 spiro atoms. The van der Waals surface area contributed by atoms with E-state index in [1.54, 1.807) is 11.8 Å². The van der Waals surface area contributed by atoms with Crippen molar-refractivity contribution < 1.29 is 19.1 Å². The maximum atomic E-state index is 14.0. The fourth-order valence-corrected chi connectivity index (χ4v) is 5.10. The molecular formula is C32H30FNO3S. The summed E-state index contributed by atoms with van der Waals surface area (Å²) in [6.07, 6.45) is 6.58. The number of amides is 1. The van der Waals surface area contributed by atoms with Gasteiger partial charge in [0.25, 0.3) is 0 Å². The summed E-state index contributed by atoms with van der Waals surface area (Å²) in [5, 5.41) is 11.5. The number of carbonyl (C=O) groups excluding carboxylic acids is 1. The number of aromatic carboxylic acids is 1. The number of nitrogens with zero attached hydrogens (tertiary/aromatic N) is 1. The summed E-state index contributed by atoms with van der Waals surface area (Å²) in [5.41, 5.74) is 3.89. The summed E-state index contributed by atoms with van der Waals surface area (Å²) < 4.78 is 14.0. The highest BCUT2D eigenvalue weighted by Crippen LogP contribution is 2.29. The van der Waals surface area contributed by atoms with Crippen LogP contribution >= 0.6 is 11.8 Å². The van der Waals surface area contributed by atoms with Gasteiger partial charge in [0.15, 0.2) is 0 Å². The van der Waals surface area contributed by atoms with Crippen molar-refractivity contribution in [3.63, 3.8) is 0 Å². The summed E-state index contributed by atoms with van der Waals surface area (Å²) in [7, 11) is 0. The van der Waals surface area contributed by atoms with E-state index in [0.717, 1.165) is 35.6 Å². The molecule has 0 radical (unpaired) electrons. The van der Waals surface area contributed by atoms with Gasteiger partial charge in [0.05, 0.1) is 12.1 Å². The zero-order chi connectivity index (χ0) is 26.9. The number of rotatable bonds is 9. The van der Waals surface area contributed by atoms with Crippen LogP contribution in [0, 0.1) is 17.7 Å². The molecule has 1 aliphatic rings. The van der Waals surface area contributed by atoms with E-state index >= 15 is 0 Å². The summed E-state index contributed by atoms with van der Waals surface area (Å²) in [6.45, 7) is 2.42. The fraction of sp³-hybridized carbons (Fsp3) is 0.250. The van der Waals surface area contributed by atoms with Crippen LogP contribution in [0.1, 0.15) is 65.2 Å². The first-order valence-electron chi connectivity index (χ1n) is 12.8. The second-order valence-corrected chi connectivity index (χ2v) is 10.5. The van der Waals surface area contributed by atoms with Gasteiger partial charge in [-0.25, -0.2) is 9.18 Å². The van der Waals surface area contributed by atoms with Crippen LogP contribution in [-0.4, -0.2) is 22.2 Å². The number of carboxylic acids is 1. The average Bonchev–Trinajstić information content (AvgIpc) is 3.44. The van der Waals surface area contributed by atoms with E-state index in [1.165, 1.54) is 35.4 Å². The Bertz CT molecular complexity index is 1360. The van der Waals surface area contributed by atoms with Gasteiger partial charge in [0.2, 0.25) is 5.91 Å². The molecule has 0 bridgehead atoms. The minimum Gasteiger partial charge on any atom is -0.478 e. The molecule has 0 fully saturated rings. The highest BCUT2D eigenvalue weighted by Gasteiger charge is 2.23. The number of benzene rings is 3. The predicted molar refractivity (Wildman–Crippen MR) is 152 cm³/mol. The number of carboxylic acid groups (broad SMARTS) is 1. The fourth-order valence-electron chi connectivity index (χ4n) is 4.19. The standard InChI is InChI=1S/C32H30FNO3S/c1-2-3-5-23-7-9-24(10-8-23)11-12-25-13-15-26(16-14-25)22-34(31(35)21-28-6-4-19-38-28)27-17-18-30(33)29(20-27)32(36)37/h4,7-10,13-20,28H,2-3,5-6,21-22H2,1H3,(H,36,37). The van der Waals surface area contributed by atoms with Crippen molar-refractivity contribution in [3.05, 3.63) is 112 Å². The van der Waals surface area contributed by atoms with Crippen LogP contribution in [0.2, 0.25) is 0 Å². The quantitative estimate of drug-likeness (QED) is 0.299. The lowest BCUT2D eigenvalue weighted by Crippen LogP contribution is -2.32. The molecule has 1 aliphatic heterocycles. The Morgan fingerprint density at radius 3 is 2.24 bits per heavy atom. The van der Waals surface area contributed by atoms with E-state index in [9.17, 15) is 19.1 Å². The number of unbranched alkanes of at least 4 members (excludes halogenated alkanes) is 1. The zero-order valence-corrected chi connectivity index (χ0v) is 22.1. The molecule has 3 aromatic rings. The van der Waals surface area contributed by atoms with Gasteiger partial charge in [0.1, 0.15) is 5.82 Å². The van der Waals surface area contributed by atoms with Crippen LogP contribution in [-0.2, 0) is 17.8 Å². The Morgan fingerprint density at radius 1 is 1.00 bits per heavy atom. The van der Waals surface area contributed by atoms with E-state index in [-0.39, 0.29) is 17.7 Å². The Hall–Kier alpha value is -3.82. The summed E-state index contributed by atoms with van der Waals surface area (Å²) in [6, 6.07) is 19.7. The maximum Gasteiger partial charge on any atom is 0.338 e. The maximum absolute atomic E-state index is 14.0. The zero-order valence-electron chi connectivity index (χ0n) is 21.3. The van der Waals surface area contributed by atoms with Gasteiger partial charge in [-0.1, -0.05) is 55.5 Å². The molecule has 0 saturated heterocycles. The summed E-state index contributed by atoms with van der Waals surface area (Å²) >= 11 is 1.61. The highest BCUT2D eigenvalue weighted by atomic mass is 32.2. The molecule has 0 aliphatic carbocycles. The van der Waals surface area contributed by atoms with Gasteiger partial charge in [-0.2, -0.15) is 0 Å². The highest BCUT2D eigenvalue weighted by molar-refractivity contribution is 8.03. The van der Waals surface area contributed by atoms with Crippen molar-refractivity contribution in [3.8, 4) is 11.8 Å². The molecule has 38 heavy (non-hydrogen) atoms. The largest absolute Gasteiger partial charge is 0.478 e. The number of aryl methyl sites for hydroxylation is 1. The number of hydrogen-bond donors (Lipinski definition) is 1. The van der Waals surface area contributed by atoms with E-state index in [4.69, 9.17) is 0 Å². The average molecular weight is 528 g/mol. The first-order valence-corrected chi connectivity index (χ1v) is 13.7. The molecular weight excluding hydrogens is 497 g/mol. The van der Waals surface area contributed by atoms with Gasteiger partial charge >= 0.3 is 5.97 Å². The first kappa shape index (κ1) is 27.2. The Labute approximate surface area is 227 Å². The normalized spacial score (nSPS) is 14.1. The molecule has 194 valence electrons. The third-order valence-corrected chi connectivity index (χ3v) is 7.47. The van der Waals surface area contributed by atoms with Gasteiger partial charge in [-0.05, 0) is 78.3 Å². The molecule has 0 aromatic heterocycles. The summed E-state index contributed by atoms with van der Waals surface area (Å²) in [4.78, 5) is 26.3. The number of anilines is 1. The molecule has 1 N–H and O–H groups in total. The lowest BCUT2D eigenvalue weighted by molar-refractivity contribution is -0.118. The monoisotopic (exact) mass is 527 g/mol. The molecule has 0 saturated carbocycles. The second kappa shape index (κ2) is 13.1. The van der Waals surface area contributed by atoms with Crippen LogP contribution in [0.4, 0.5) is 10.1 Å². The van der Waals surface area contributed by atoms with E-state index in [2.05, 4.69) is 30.9 Å². The van der Waals surface area contributed by atoms with Gasteiger partial charge in [-0.15, -0.1) is 11.8 Å². The van der Waals surface area contributed by atoms with Crippen molar-refractivity contribution in [2.24, 2.45) is 0 Å². The Kier molecular flexibility index (Phi) is 9.40. The minimum atomic E-state index is -1.37. The van der Waals surface area contributed by atoms with Crippen LogP contribution in [0.3, 0.4) is 0 Å². The first-order chi connectivity index (χ1) is 18.4. The van der Waals surface area contributed by atoms with Crippen molar-refractivity contribution in [1.29, 1.82) is 0 Å². The van der Waals surface area contributed by atoms with Gasteiger partial charge in [0, 0.05) is 28.5 Å². The van der Waals surface area contributed by atoms with Crippen LogP contribution in [0.5, 0.6) is 0 Å². The lowest BCUT2D eigenvalue weighted by atomic mass is 10.1. The molecule has 1 unspecified atom stereocenters. The summed E-state index contributed by atoms with van der Waals surface area (Å²) in [5.74, 6) is 4.04. The van der Waals surface area contributed by atoms with Crippen molar-refractivity contribution in [2.75, 3.05) is 4.90 Å². The van der Waals surface area contributed by atoms with E-state index < -0.39 is 17.3 Å². The molecule has 3 aromatic carbocycles. The molecule has 1 atom stereocenters. The number of carbonyl (C=O) groups is 2. The number of thioether (sulfide) groups is 1. The van der Waals surface area contributed by atoms with Crippen molar-refractivity contribution in [1.82, 2.24) is 0 Å². The van der Waals surface area contributed by atoms with Crippen LogP contribution in [0.15, 0.2) is 78.2 Å². The van der Waals surface area contributed by atoms with Crippen LogP contribution in [0.25, 0.3) is 0 Å². The van der Waals surface area contributed by atoms with Crippen molar-refractivity contribution >= 4 is 29.3 Å². The van der Waals surface area contributed by atoms with Crippen LogP contribution < -0.4 is 4.90 Å². The number of halogens is 1. The minimum absolute atomic E-state index is 0.139. The molecule has 4 rings (SSSR count). The van der Waals surface area contributed by atoms with E-state index in [0.29, 0.717) is 12.1 Å². The van der Waals surface area contributed by atoms with Gasteiger partial charge in [-0.3, -0.25) is 4.79 Å². The molecule has 1 heterocycles. The topological polar surface area (TPSA) is 57.6 Å². The molecule has 4 nitrogen and oxygen atoms in total. The predicted octanol–water partition coefficient (Wildman–Crippen LogP) is 7.21. The Balaban J connectivity index is 1.50. The molecule has 6 heteroatoms. The molecule has 1 amide bonds. The SMILES string of the molecule is CCCCc1ccc(C#Cc2ccc(CN(C(=O)CC3CC=CS3)c3ccc(F)c(C(=O)O)c3)cc2)cc1. The number of hydrogen-bond acceptors (Lipinski definition) is 3. The smallest absolute Gasteiger partial charge is 0.338 e. The third kappa shape index (κ3) is 7.36. The third-order valence-electron chi connectivity index (χ3n) is 6.38. The number of allylic oxidation sites excluding steroid dienone is 1. The van der Waals surface area contributed by atoms with Gasteiger partial charge < -0.3 is 10.0 Å². The van der Waals surface area contributed by atoms with Crippen molar-refractivity contribution in [2.45, 2.75) is 50.8 Å². The van der Waals surface area contributed by atoms with E-state index in [1.807, 2.05) is 47.9 Å². The lowest BCUT2D eigenvalue weighted by Gasteiger charge is -2.25. The Morgan fingerprint density at radius 2 is 1.66 bits per heavy atom.